The molecule has 1 amide bonds. The monoisotopic (exact) mass is 341 g/mol. The molecule has 0 bridgehead atoms. The van der Waals surface area contributed by atoms with Crippen LogP contribution in [0.2, 0.25) is 0 Å². The Kier molecular flexibility index (Phi) is 5.07. The van der Waals surface area contributed by atoms with E-state index >= 15 is 0 Å². The van der Waals surface area contributed by atoms with Crippen molar-refractivity contribution in [2.24, 2.45) is 0 Å². The van der Waals surface area contributed by atoms with Gasteiger partial charge in [-0.05, 0) is 6.07 Å². The van der Waals surface area contributed by atoms with Crippen LogP contribution in [0.4, 0.5) is 0 Å². The van der Waals surface area contributed by atoms with Crippen LogP contribution >= 0.6 is 11.3 Å². The predicted molar refractivity (Wildman–Crippen MR) is 90.6 cm³/mol. The fourth-order valence-corrected chi connectivity index (χ4v) is 2.83. The zero-order valence-electron chi connectivity index (χ0n) is 12.8. The van der Waals surface area contributed by atoms with Gasteiger partial charge in [-0.15, -0.1) is 11.3 Å². The minimum Gasteiger partial charge on any atom is -0.354 e. The molecule has 0 saturated carbocycles. The third-order valence-corrected chi connectivity index (χ3v) is 4.09. The molecule has 0 aliphatic carbocycles. The summed E-state index contributed by atoms with van der Waals surface area (Å²) in [5, 5.41) is 5.55. The zero-order chi connectivity index (χ0) is 16.8. The van der Waals surface area contributed by atoms with Gasteiger partial charge in [0.05, 0.1) is 5.69 Å². The lowest BCUT2D eigenvalue weighted by atomic mass is 10.3. The van der Waals surface area contributed by atoms with Gasteiger partial charge in [-0.25, -0.2) is 15.0 Å². The standard InChI is InChI=1S/C16H15N5O2S/c22-13-3-8-21(9-4-13)10-14(23)17-7-2-12-11-24-16(20-12)15-18-5-1-6-19-15/h1,3-6,8-9,11H,2,7,10H2,(H,17,23). The van der Waals surface area contributed by atoms with Crippen molar-refractivity contribution in [2.75, 3.05) is 6.54 Å². The first-order valence-electron chi connectivity index (χ1n) is 7.35. The minimum absolute atomic E-state index is 0.0756. The van der Waals surface area contributed by atoms with E-state index in [2.05, 4.69) is 20.3 Å². The number of pyridine rings is 1. The molecule has 8 heteroatoms. The van der Waals surface area contributed by atoms with E-state index in [0.29, 0.717) is 18.8 Å². The van der Waals surface area contributed by atoms with Gasteiger partial charge < -0.3 is 9.88 Å². The van der Waals surface area contributed by atoms with Gasteiger partial charge in [-0.2, -0.15) is 0 Å². The van der Waals surface area contributed by atoms with Crippen LogP contribution in [0.25, 0.3) is 10.8 Å². The van der Waals surface area contributed by atoms with Crippen molar-refractivity contribution in [3.8, 4) is 10.8 Å². The van der Waals surface area contributed by atoms with E-state index in [1.54, 1.807) is 35.4 Å². The topological polar surface area (TPSA) is 89.8 Å². The Hall–Kier alpha value is -2.87. The zero-order valence-corrected chi connectivity index (χ0v) is 13.6. The smallest absolute Gasteiger partial charge is 0.239 e. The van der Waals surface area contributed by atoms with Gasteiger partial charge in [0, 0.05) is 55.3 Å². The fourth-order valence-electron chi connectivity index (χ4n) is 2.03. The second-order valence-corrected chi connectivity index (χ2v) is 5.88. The summed E-state index contributed by atoms with van der Waals surface area (Å²) in [6.07, 6.45) is 7.18. The quantitative estimate of drug-likeness (QED) is 0.726. The van der Waals surface area contributed by atoms with Crippen molar-refractivity contribution in [1.82, 2.24) is 24.8 Å². The van der Waals surface area contributed by atoms with Crippen LogP contribution in [0.1, 0.15) is 5.69 Å². The van der Waals surface area contributed by atoms with E-state index < -0.39 is 0 Å². The average Bonchev–Trinajstić information content (AvgIpc) is 3.07. The highest BCUT2D eigenvalue weighted by Gasteiger charge is 2.07. The Balaban J connectivity index is 1.48. The van der Waals surface area contributed by atoms with Gasteiger partial charge >= 0.3 is 0 Å². The molecule has 3 aromatic rings. The maximum absolute atomic E-state index is 11.9. The van der Waals surface area contributed by atoms with Gasteiger partial charge in [0.1, 0.15) is 6.54 Å². The van der Waals surface area contributed by atoms with Crippen molar-refractivity contribution in [1.29, 1.82) is 0 Å². The van der Waals surface area contributed by atoms with Crippen LogP contribution in [0.3, 0.4) is 0 Å². The summed E-state index contributed by atoms with van der Waals surface area (Å²) in [7, 11) is 0. The Labute approximate surface area is 142 Å². The largest absolute Gasteiger partial charge is 0.354 e. The number of hydrogen-bond donors (Lipinski definition) is 1. The summed E-state index contributed by atoms with van der Waals surface area (Å²) >= 11 is 1.48. The second kappa shape index (κ2) is 7.60. The van der Waals surface area contributed by atoms with Crippen LogP contribution in [-0.2, 0) is 17.8 Å². The van der Waals surface area contributed by atoms with Gasteiger partial charge in [0.25, 0.3) is 0 Å². The van der Waals surface area contributed by atoms with Crippen molar-refractivity contribution in [3.63, 3.8) is 0 Å². The van der Waals surface area contributed by atoms with Crippen molar-refractivity contribution in [3.05, 3.63) is 64.3 Å². The first-order valence-corrected chi connectivity index (χ1v) is 8.23. The third kappa shape index (κ3) is 4.32. The molecule has 0 fully saturated rings. The molecular formula is C16H15N5O2S. The summed E-state index contributed by atoms with van der Waals surface area (Å²) in [5.74, 6) is 0.497. The number of aromatic nitrogens is 4. The van der Waals surface area contributed by atoms with Crippen molar-refractivity contribution < 1.29 is 4.79 Å². The molecule has 3 heterocycles. The molecule has 0 radical (unpaired) electrons. The molecule has 3 aromatic heterocycles. The number of carbonyl (C=O) groups excluding carboxylic acids is 1. The molecule has 7 nitrogen and oxygen atoms in total. The fraction of sp³-hybridized carbons (Fsp3) is 0.188. The first-order chi connectivity index (χ1) is 11.7. The highest BCUT2D eigenvalue weighted by atomic mass is 32.1. The lowest BCUT2D eigenvalue weighted by Gasteiger charge is -2.06. The van der Waals surface area contributed by atoms with E-state index in [0.717, 1.165) is 10.7 Å². The van der Waals surface area contributed by atoms with E-state index in [9.17, 15) is 9.59 Å². The van der Waals surface area contributed by atoms with E-state index in [4.69, 9.17) is 0 Å². The molecule has 122 valence electrons. The van der Waals surface area contributed by atoms with Gasteiger partial charge in [0.15, 0.2) is 16.3 Å². The van der Waals surface area contributed by atoms with Crippen molar-refractivity contribution >= 4 is 17.2 Å². The van der Waals surface area contributed by atoms with Crippen LogP contribution in [0.5, 0.6) is 0 Å². The van der Waals surface area contributed by atoms with E-state index in [1.165, 1.54) is 23.5 Å². The minimum atomic E-state index is -0.111. The predicted octanol–water partition coefficient (Wildman–Crippen LogP) is 1.12. The Morgan fingerprint density at radius 3 is 2.71 bits per heavy atom. The highest BCUT2D eigenvalue weighted by Crippen LogP contribution is 2.19. The molecule has 3 rings (SSSR count). The van der Waals surface area contributed by atoms with Crippen LogP contribution < -0.4 is 10.7 Å². The third-order valence-electron chi connectivity index (χ3n) is 3.20. The Morgan fingerprint density at radius 2 is 1.96 bits per heavy atom. The molecule has 0 aliphatic heterocycles. The summed E-state index contributed by atoms with van der Waals surface area (Å²) in [5.41, 5.74) is 0.819. The number of rotatable bonds is 6. The van der Waals surface area contributed by atoms with Crippen LogP contribution in [0, 0.1) is 0 Å². The number of hydrogen-bond acceptors (Lipinski definition) is 6. The summed E-state index contributed by atoms with van der Waals surface area (Å²) in [6, 6.07) is 4.61. The van der Waals surface area contributed by atoms with Gasteiger partial charge in [-0.3, -0.25) is 9.59 Å². The number of nitrogens with one attached hydrogen (secondary N) is 1. The molecule has 0 spiro atoms. The van der Waals surface area contributed by atoms with E-state index in [1.807, 2.05) is 5.38 Å². The van der Waals surface area contributed by atoms with Gasteiger partial charge in [0.2, 0.25) is 5.91 Å². The molecule has 0 atom stereocenters. The maximum atomic E-state index is 11.9. The van der Waals surface area contributed by atoms with Crippen molar-refractivity contribution in [2.45, 2.75) is 13.0 Å². The maximum Gasteiger partial charge on any atom is 0.239 e. The summed E-state index contributed by atoms with van der Waals surface area (Å²) < 4.78 is 1.66. The number of nitrogens with zero attached hydrogens (tertiary/aromatic N) is 4. The molecule has 0 unspecified atom stereocenters. The highest BCUT2D eigenvalue weighted by molar-refractivity contribution is 7.13. The molecule has 0 saturated heterocycles. The first kappa shape index (κ1) is 16.0. The summed E-state index contributed by atoms with van der Waals surface area (Å²) in [4.78, 5) is 35.7. The normalized spacial score (nSPS) is 10.5. The molecule has 1 N–H and O–H groups in total. The number of carbonyl (C=O) groups is 1. The van der Waals surface area contributed by atoms with Crippen LogP contribution in [0.15, 0.2) is 53.2 Å². The number of thiazole rings is 1. The summed E-state index contributed by atoms with van der Waals surface area (Å²) in [6.45, 7) is 0.679. The Morgan fingerprint density at radius 1 is 1.21 bits per heavy atom. The lowest BCUT2D eigenvalue weighted by Crippen LogP contribution is -2.29. The lowest BCUT2D eigenvalue weighted by molar-refractivity contribution is -0.121. The average molecular weight is 341 g/mol. The van der Waals surface area contributed by atoms with Crippen LogP contribution in [-0.4, -0.2) is 32.0 Å². The number of amides is 1. The molecule has 0 aliphatic rings. The van der Waals surface area contributed by atoms with Gasteiger partial charge in [-0.1, -0.05) is 0 Å². The second-order valence-electron chi connectivity index (χ2n) is 5.02. The SMILES string of the molecule is O=C(Cn1ccc(=O)cc1)NCCc1csc(-c2ncccn2)n1. The molecular weight excluding hydrogens is 326 g/mol. The van der Waals surface area contributed by atoms with E-state index in [-0.39, 0.29) is 17.9 Å². The molecule has 24 heavy (non-hydrogen) atoms. The Bertz CT molecular complexity index is 855. The molecule has 0 aromatic carbocycles.